The van der Waals surface area contributed by atoms with Crippen molar-refractivity contribution in [2.24, 2.45) is 0 Å². The first-order valence-corrected chi connectivity index (χ1v) is 20.2. The molecule has 0 aliphatic heterocycles. The van der Waals surface area contributed by atoms with Crippen molar-refractivity contribution in [3.63, 3.8) is 0 Å². The second-order valence-electron chi connectivity index (χ2n) is 5.12. The SMILES string of the molecule is CC[PH+](CC)CC.CC[PH+](CC)CC.C[Si](C)C.[Br][Pt]. The minimum atomic E-state index is 0.120. The van der Waals surface area contributed by atoms with Crippen LogP contribution < -0.4 is 0 Å². The van der Waals surface area contributed by atoms with E-state index in [0.717, 1.165) is 0 Å². The molecular formula is C15H41BrP2PtSi+2. The van der Waals surface area contributed by atoms with Crippen LogP contribution in [0.15, 0.2) is 0 Å². The molecule has 20 heavy (non-hydrogen) atoms. The van der Waals surface area contributed by atoms with E-state index < -0.39 is 0 Å². The van der Waals surface area contributed by atoms with Crippen LogP contribution in [-0.4, -0.2) is 45.8 Å². The Labute approximate surface area is 153 Å². The minimum absolute atomic E-state index is 0.120. The van der Waals surface area contributed by atoms with Crippen LogP contribution in [0, 0.1) is 0 Å². The van der Waals surface area contributed by atoms with Gasteiger partial charge < -0.3 is 0 Å². The first-order chi connectivity index (χ1) is 9.42. The molecule has 0 spiro atoms. The first kappa shape index (κ1) is 30.2. The molecule has 0 heterocycles. The number of hydrogen-bond donors (Lipinski definition) is 0. The van der Waals surface area contributed by atoms with E-state index in [2.05, 4.69) is 74.5 Å². The molecule has 0 N–H and O–H groups in total. The molecule has 5 heteroatoms. The maximum atomic E-state index is 2.91. The summed E-state index contributed by atoms with van der Waals surface area (Å²) in [5.74, 6) is 0. The maximum absolute atomic E-state index is 2.91. The molecule has 0 unspecified atom stereocenters. The molecule has 0 rings (SSSR count). The van der Waals surface area contributed by atoms with Gasteiger partial charge in [-0.15, -0.1) is 0 Å². The van der Waals surface area contributed by atoms with Gasteiger partial charge in [0.1, 0.15) is 0 Å². The molecule has 0 aromatic heterocycles. The molecule has 0 aliphatic carbocycles. The van der Waals surface area contributed by atoms with Crippen molar-refractivity contribution in [2.75, 3.05) is 37.0 Å². The van der Waals surface area contributed by atoms with E-state index >= 15 is 0 Å². The Bertz CT molecular complexity index is 107. The topological polar surface area (TPSA) is 0 Å². The molecule has 0 fully saturated rings. The molecule has 0 saturated heterocycles. The Kier molecular flexibility index (Phi) is 44.2. The molecule has 130 valence electrons. The van der Waals surface area contributed by atoms with Gasteiger partial charge >= 0.3 is 31.1 Å². The Morgan fingerprint density at radius 3 is 0.700 bits per heavy atom. The summed E-state index contributed by atoms with van der Waals surface area (Å²) in [6.07, 6.45) is 8.74. The van der Waals surface area contributed by atoms with Gasteiger partial charge in [0.25, 0.3) is 0 Å². The van der Waals surface area contributed by atoms with Crippen LogP contribution in [-0.2, 0) is 17.8 Å². The van der Waals surface area contributed by atoms with Crippen LogP contribution in [0.25, 0.3) is 0 Å². The van der Waals surface area contributed by atoms with Gasteiger partial charge in [0.2, 0.25) is 0 Å². The summed E-state index contributed by atoms with van der Waals surface area (Å²) < 4.78 is 0. The molecular weight excluding hydrogens is 545 g/mol. The van der Waals surface area contributed by atoms with Gasteiger partial charge in [-0.05, 0) is 57.4 Å². The molecule has 0 aromatic carbocycles. The Hall–Kier alpha value is 2.25. The first-order valence-electron chi connectivity index (χ1n) is 7.98. The second-order valence-corrected chi connectivity index (χ2v) is 15.4. The van der Waals surface area contributed by atoms with Crippen LogP contribution >= 0.6 is 29.1 Å². The van der Waals surface area contributed by atoms with E-state index in [1.54, 1.807) is 0 Å². The summed E-state index contributed by atoms with van der Waals surface area (Å²) in [5.41, 5.74) is 0. The van der Waals surface area contributed by atoms with Crippen LogP contribution in [0.3, 0.4) is 0 Å². The third-order valence-electron chi connectivity index (χ3n) is 3.00. The van der Waals surface area contributed by atoms with Gasteiger partial charge in [-0.2, -0.15) is 0 Å². The molecule has 0 amide bonds. The summed E-state index contributed by atoms with van der Waals surface area (Å²) in [6.45, 7) is 20.6. The van der Waals surface area contributed by atoms with Crippen molar-refractivity contribution in [1.29, 1.82) is 0 Å². The van der Waals surface area contributed by atoms with E-state index in [4.69, 9.17) is 0 Å². The molecule has 0 aromatic rings. The molecule has 0 nitrogen and oxygen atoms in total. The Morgan fingerprint density at radius 1 is 0.600 bits per heavy atom. The predicted octanol–water partition coefficient (Wildman–Crippen LogP) is 6.73. The summed E-state index contributed by atoms with van der Waals surface area (Å²) in [5, 5.41) is 0. The zero-order chi connectivity index (χ0) is 17.0. The summed E-state index contributed by atoms with van der Waals surface area (Å²) in [4.78, 5) is 0. The van der Waals surface area contributed by atoms with Crippen molar-refractivity contribution in [1.82, 2.24) is 0 Å². The summed E-state index contributed by atoms with van der Waals surface area (Å²) in [7, 11) is 0.395. The number of rotatable bonds is 6. The van der Waals surface area contributed by atoms with E-state index in [1.165, 1.54) is 37.0 Å². The van der Waals surface area contributed by atoms with Crippen molar-refractivity contribution in [2.45, 2.75) is 61.2 Å². The van der Waals surface area contributed by atoms with Crippen LogP contribution in [0.2, 0.25) is 19.6 Å². The van der Waals surface area contributed by atoms with Gasteiger partial charge in [0.15, 0.2) is 0 Å². The Balaban J connectivity index is -0.0000000933. The molecule has 0 bridgehead atoms. The van der Waals surface area contributed by atoms with E-state index in [0.29, 0.717) is 0 Å². The fourth-order valence-corrected chi connectivity index (χ4v) is 4.50. The van der Waals surface area contributed by atoms with Gasteiger partial charge in [-0.3, -0.25) is 0 Å². The molecule has 0 atom stereocenters. The predicted molar refractivity (Wildman–Crippen MR) is 112 cm³/mol. The molecule has 0 aliphatic rings. The quantitative estimate of drug-likeness (QED) is 0.239. The van der Waals surface area contributed by atoms with Gasteiger partial charge in [-0.25, -0.2) is 0 Å². The van der Waals surface area contributed by atoms with E-state index in [-0.39, 0.29) is 24.6 Å². The Morgan fingerprint density at radius 2 is 0.700 bits per heavy atom. The molecule has 1 radical (unpaired) electrons. The average molecular weight is 587 g/mol. The van der Waals surface area contributed by atoms with Crippen LogP contribution in [0.1, 0.15) is 41.5 Å². The fourth-order valence-electron chi connectivity index (χ4n) is 1.50. The zero-order valence-corrected chi connectivity index (χ0v) is 22.3. The monoisotopic (exact) mass is 585 g/mol. The van der Waals surface area contributed by atoms with Gasteiger partial charge in [0, 0.05) is 8.80 Å². The molecule has 0 saturated carbocycles. The second kappa shape index (κ2) is 29.3. The van der Waals surface area contributed by atoms with Crippen molar-refractivity contribution < 1.29 is 17.8 Å². The summed E-state index contributed by atoms with van der Waals surface area (Å²) in [6, 6.07) is 0. The van der Waals surface area contributed by atoms with Gasteiger partial charge in [-0.1, -0.05) is 19.6 Å². The van der Waals surface area contributed by atoms with Gasteiger partial charge in [0.05, 0.1) is 37.0 Å². The van der Waals surface area contributed by atoms with E-state index in [1.807, 2.05) is 17.8 Å². The average Bonchev–Trinajstić information content (AvgIpc) is 2.45. The third kappa shape index (κ3) is 37.0. The number of halogens is 1. The normalized spacial score (nSPS) is 9.35. The van der Waals surface area contributed by atoms with Crippen molar-refractivity contribution in [3.8, 4) is 0 Å². The third-order valence-corrected chi connectivity index (χ3v) is 9.00. The van der Waals surface area contributed by atoms with Crippen molar-refractivity contribution in [3.05, 3.63) is 0 Å². The fraction of sp³-hybridized carbons (Fsp3) is 1.00. The number of hydrogen-bond acceptors (Lipinski definition) is 0. The van der Waals surface area contributed by atoms with Crippen LogP contribution in [0.4, 0.5) is 0 Å². The standard InChI is InChI=1S/2C6H15P.C3H9Si.BrH.Pt/c2*1-4-7(5-2)6-3;1-4(2)3;;/h2*4-6H2,1-3H3;1-3H3;1H;/q;;;;+1/p+1. The van der Waals surface area contributed by atoms with Crippen LogP contribution in [0.5, 0.6) is 0 Å². The summed E-state index contributed by atoms with van der Waals surface area (Å²) >= 11 is 4.86. The van der Waals surface area contributed by atoms with E-state index in [9.17, 15) is 0 Å². The zero-order valence-electron chi connectivity index (χ0n) is 15.4. The van der Waals surface area contributed by atoms with Crippen molar-refractivity contribution >= 4 is 37.9 Å².